The first kappa shape index (κ1) is 50.5. The Labute approximate surface area is 395 Å². The average molecular weight is 946 g/mol. The zero-order valence-corrected chi connectivity index (χ0v) is 38.3. The second kappa shape index (κ2) is 24.7. The zero-order valence-electron chi connectivity index (χ0n) is 38.3. The van der Waals surface area contributed by atoms with Gasteiger partial charge in [0, 0.05) is 0 Å². The summed E-state index contributed by atoms with van der Waals surface area (Å²) in [7, 11) is 0. The van der Waals surface area contributed by atoms with Crippen molar-refractivity contribution >= 4 is 18.3 Å². The fraction of sp³-hybridized carbons (Fsp3) is 0.500. The van der Waals surface area contributed by atoms with Gasteiger partial charge in [-0.15, -0.1) is 0 Å². The first-order valence-corrected chi connectivity index (χ1v) is 23.2. The Bertz CT molecular complexity index is 2100. The molecule has 0 aromatic heterocycles. The van der Waals surface area contributed by atoms with Gasteiger partial charge in [0.05, 0.1) is 31.0 Å². The summed E-state index contributed by atoms with van der Waals surface area (Å²) in [6, 6.07) is 24.9. The highest BCUT2D eigenvalue weighted by atomic mass is 16.8. The van der Waals surface area contributed by atoms with E-state index in [9.17, 15) is 29.7 Å². The van der Waals surface area contributed by atoms with Gasteiger partial charge >= 0.3 is 18.3 Å². The van der Waals surface area contributed by atoms with Crippen molar-refractivity contribution in [2.24, 2.45) is 5.92 Å². The Balaban J connectivity index is 1.08. The fourth-order valence-electron chi connectivity index (χ4n) is 8.45. The SMILES string of the molecule is CC[C@@H]1C=C[C@@H](NC(=O)OCc2ccccc2)[C@@H](O[C@H]2[C@H](O[C@@H]3O[C@H](CO)[C@@H](O[C@H]4O[C@H](CC)C=C[C@H]4NC(=O)OCc4ccccc4)[C@H]3O)[C@@H](O)[C@H](NC(=O)OCc3ccccc3)C[C@@H]2C)O1. The first-order valence-electron chi connectivity index (χ1n) is 23.2. The first-order chi connectivity index (χ1) is 33.0. The number of aliphatic hydroxyl groups is 3. The number of ether oxygens (including phenoxy) is 9. The second-order valence-corrected chi connectivity index (χ2v) is 17.2. The monoisotopic (exact) mass is 945 g/mol. The van der Waals surface area contributed by atoms with E-state index in [4.69, 9.17) is 42.6 Å². The lowest BCUT2D eigenvalue weighted by atomic mass is 9.80. The highest BCUT2D eigenvalue weighted by Gasteiger charge is 2.53. The number of benzene rings is 3. The number of amides is 3. The Kier molecular flexibility index (Phi) is 18.4. The number of carbonyl (C=O) groups is 3. The summed E-state index contributed by atoms with van der Waals surface area (Å²) in [5.74, 6) is -0.468. The predicted molar refractivity (Wildman–Crippen MR) is 243 cm³/mol. The third-order valence-electron chi connectivity index (χ3n) is 12.2. The van der Waals surface area contributed by atoms with Crippen LogP contribution in [0.4, 0.5) is 14.4 Å². The molecule has 68 heavy (non-hydrogen) atoms. The molecule has 3 aliphatic heterocycles. The molecule has 1 saturated carbocycles. The molecule has 6 N–H and O–H groups in total. The molecule has 0 spiro atoms. The molecule has 0 radical (unpaired) electrons. The van der Waals surface area contributed by atoms with E-state index in [0.29, 0.717) is 12.8 Å². The highest BCUT2D eigenvalue weighted by molar-refractivity contribution is 5.69. The van der Waals surface area contributed by atoms with Gasteiger partial charge in [0.15, 0.2) is 18.9 Å². The summed E-state index contributed by atoms with van der Waals surface area (Å²) < 4.78 is 54.6. The quantitative estimate of drug-likeness (QED) is 0.0737. The van der Waals surface area contributed by atoms with Crippen molar-refractivity contribution in [2.45, 2.75) is 146 Å². The Morgan fingerprint density at radius 2 is 0.985 bits per heavy atom. The molecule has 7 rings (SSSR count). The second-order valence-electron chi connectivity index (χ2n) is 17.2. The molecule has 0 bridgehead atoms. The third-order valence-corrected chi connectivity index (χ3v) is 12.2. The molecule has 1 aliphatic carbocycles. The number of hydrogen-bond acceptors (Lipinski definition) is 15. The molecular formula is C50H63N3O15. The van der Waals surface area contributed by atoms with Crippen LogP contribution in [0, 0.1) is 5.92 Å². The third kappa shape index (κ3) is 13.6. The van der Waals surface area contributed by atoms with Crippen molar-refractivity contribution in [2.75, 3.05) is 6.61 Å². The van der Waals surface area contributed by atoms with Gasteiger partial charge in [0.1, 0.15) is 62.4 Å². The molecular weight excluding hydrogens is 883 g/mol. The van der Waals surface area contributed by atoms with Crippen molar-refractivity contribution in [3.8, 4) is 0 Å². The number of nitrogens with one attached hydrogen (secondary N) is 3. The van der Waals surface area contributed by atoms with Gasteiger partial charge in [0.2, 0.25) is 0 Å². The molecule has 3 amide bonds. The molecule has 368 valence electrons. The Morgan fingerprint density at radius 1 is 0.559 bits per heavy atom. The standard InChI is InChI=1S/C50H63N3O15/c1-4-34-21-23-36(51-48(57)60-27-31-15-9-6-10-16-31)45(63-34)66-42-30(3)25-38(53-50(59)62-29-33-19-13-8-14-20-33)40(55)44(42)68-47-41(56)43(39(26-54)65-47)67-46-37(24-22-35(5-2)64-46)52-49(58)61-28-32-17-11-7-12-18-32/h6-24,30,34-47,54-56H,4-5,25-29H2,1-3H3,(H,51,57)(H,52,58)(H,53,59)/t30-,34+,35+,36+,37+,38+,39+,40-,41+,42+,43+,44+,45+,46+,47-/m0/s1. The van der Waals surface area contributed by atoms with E-state index >= 15 is 0 Å². The number of hydrogen-bond donors (Lipinski definition) is 6. The normalized spacial score (nSPS) is 32.2. The van der Waals surface area contributed by atoms with E-state index in [1.165, 1.54) is 0 Å². The van der Waals surface area contributed by atoms with Crippen LogP contribution >= 0.6 is 0 Å². The van der Waals surface area contributed by atoms with Gasteiger partial charge in [-0.25, -0.2) is 14.4 Å². The minimum Gasteiger partial charge on any atom is -0.445 e. The number of rotatable bonds is 18. The maximum absolute atomic E-state index is 13.2. The van der Waals surface area contributed by atoms with E-state index in [1.54, 1.807) is 18.2 Å². The Morgan fingerprint density at radius 3 is 1.43 bits per heavy atom. The zero-order chi connectivity index (χ0) is 48.0. The summed E-state index contributed by atoms with van der Waals surface area (Å²) in [6.07, 6.45) is -6.24. The predicted octanol–water partition coefficient (Wildman–Crippen LogP) is 4.89. The number of carbonyl (C=O) groups excluding carboxylic acids is 3. The summed E-state index contributed by atoms with van der Waals surface area (Å²) in [5, 5.41) is 43.0. The molecule has 18 heteroatoms. The minimum absolute atomic E-state index is 0.0131. The van der Waals surface area contributed by atoms with Crippen LogP contribution in [0.2, 0.25) is 0 Å². The summed E-state index contributed by atoms with van der Waals surface area (Å²) in [6.45, 7) is 5.11. The lowest BCUT2D eigenvalue weighted by Crippen LogP contribution is -2.63. The lowest BCUT2D eigenvalue weighted by molar-refractivity contribution is -0.287. The topological polar surface area (TPSA) is 231 Å². The number of aliphatic hydroxyl groups excluding tert-OH is 3. The van der Waals surface area contributed by atoms with E-state index in [0.717, 1.165) is 16.7 Å². The van der Waals surface area contributed by atoms with E-state index in [2.05, 4.69) is 16.0 Å². The average Bonchev–Trinajstić information content (AvgIpc) is 3.66. The molecule has 2 fully saturated rings. The van der Waals surface area contributed by atoms with Crippen LogP contribution < -0.4 is 16.0 Å². The molecule has 0 unspecified atom stereocenters. The van der Waals surface area contributed by atoms with Gasteiger partial charge in [-0.3, -0.25) is 0 Å². The van der Waals surface area contributed by atoms with E-state index in [1.807, 2.05) is 118 Å². The lowest BCUT2D eigenvalue weighted by Gasteiger charge is -2.46. The fourth-order valence-corrected chi connectivity index (χ4v) is 8.45. The van der Waals surface area contributed by atoms with Crippen molar-refractivity contribution in [3.63, 3.8) is 0 Å². The smallest absolute Gasteiger partial charge is 0.408 e. The van der Waals surface area contributed by atoms with Crippen LogP contribution in [0.3, 0.4) is 0 Å². The van der Waals surface area contributed by atoms with E-state index < -0.39 is 111 Å². The maximum Gasteiger partial charge on any atom is 0.408 e. The Hall–Kier alpha value is -5.41. The molecule has 1 saturated heterocycles. The van der Waals surface area contributed by atoms with Crippen LogP contribution in [0.5, 0.6) is 0 Å². The van der Waals surface area contributed by atoms with Gasteiger partial charge in [-0.2, -0.15) is 0 Å². The maximum atomic E-state index is 13.2. The molecule has 3 aromatic rings. The van der Waals surface area contributed by atoms with Crippen LogP contribution in [0.1, 0.15) is 56.7 Å². The van der Waals surface area contributed by atoms with Crippen LogP contribution in [-0.4, -0.2) is 126 Å². The number of alkyl carbamates (subject to hydrolysis) is 3. The summed E-state index contributed by atoms with van der Waals surface area (Å²) in [4.78, 5) is 39.3. The van der Waals surface area contributed by atoms with Crippen molar-refractivity contribution in [3.05, 3.63) is 132 Å². The molecule has 4 aliphatic rings. The van der Waals surface area contributed by atoms with Crippen LogP contribution in [0.25, 0.3) is 0 Å². The van der Waals surface area contributed by atoms with Gasteiger partial charge in [-0.05, 0) is 41.9 Å². The van der Waals surface area contributed by atoms with E-state index in [-0.39, 0.29) is 32.3 Å². The minimum atomic E-state index is -1.59. The molecule has 3 heterocycles. The highest BCUT2D eigenvalue weighted by Crippen LogP contribution is 2.37. The molecule has 3 aromatic carbocycles. The molecule has 18 nitrogen and oxygen atoms in total. The summed E-state index contributed by atoms with van der Waals surface area (Å²) in [5.41, 5.74) is 2.35. The van der Waals surface area contributed by atoms with Crippen LogP contribution in [0.15, 0.2) is 115 Å². The van der Waals surface area contributed by atoms with Gasteiger partial charge < -0.3 is 73.9 Å². The summed E-state index contributed by atoms with van der Waals surface area (Å²) >= 11 is 0. The van der Waals surface area contributed by atoms with Gasteiger partial charge in [0.25, 0.3) is 0 Å². The van der Waals surface area contributed by atoms with Crippen molar-refractivity contribution in [1.29, 1.82) is 0 Å². The van der Waals surface area contributed by atoms with Crippen molar-refractivity contribution < 1.29 is 72.3 Å². The van der Waals surface area contributed by atoms with Crippen molar-refractivity contribution in [1.82, 2.24) is 16.0 Å². The van der Waals surface area contributed by atoms with Crippen LogP contribution in [-0.2, 0) is 62.5 Å². The molecule has 15 atom stereocenters. The van der Waals surface area contributed by atoms with Gasteiger partial charge in [-0.1, -0.05) is 136 Å². The largest absolute Gasteiger partial charge is 0.445 e.